The van der Waals surface area contributed by atoms with Crippen LogP contribution in [0.5, 0.6) is 0 Å². The van der Waals surface area contributed by atoms with Crippen LogP contribution in [0, 0.1) is 0 Å². The van der Waals surface area contributed by atoms with Crippen molar-refractivity contribution in [2.75, 3.05) is 13.2 Å². The van der Waals surface area contributed by atoms with Crippen molar-refractivity contribution >= 4 is 17.9 Å². The van der Waals surface area contributed by atoms with Gasteiger partial charge in [0.25, 0.3) is 0 Å². The highest BCUT2D eigenvalue weighted by molar-refractivity contribution is 5.71. The molecule has 0 aliphatic carbocycles. The van der Waals surface area contributed by atoms with Gasteiger partial charge in [-0.2, -0.15) is 0 Å². The third-order valence-corrected chi connectivity index (χ3v) is 13.1. The minimum atomic E-state index is -0.791. The van der Waals surface area contributed by atoms with Crippen LogP contribution >= 0.6 is 0 Å². The predicted molar refractivity (Wildman–Crippen MR) is 311 cm³/mol. The van der Waals surface area contributed by atoms with Gasteiger partial charge in [0.05, 0.1) is 0 Å². The summed E-state index contributed by atoms with van der Waals surface area (Å²) in [6, 6.07) is 0. The average Bonchev–Trinajstić information content (AvgIpc) is 3.38. The normalized spacial score (nSPS) is 12.7. The number of ether oxygens (including phenoxy) is 3. The molecule has 1 unspecified atom stereocenters. The highest BCUT2D eigenvalue weighted by atomic mass is 16.6. The maximum Gasteiger partial charge on any atom is 0.306 e. The van der Waals surface area contributed by atoms with Gasteiger partial charge in [0.2, 0.25) is 0 Å². The van der Waals surface area contributed by atoms with Gasteiger partial charge >= 0.3 is 17.9 Å². The number of rotatable bonds is 55. The molecule has 0 amide bonds. The maximum absolute atomic E-state index is 12.9. The molecule has 0 heterocycles. The lowest BCUT2D eigenvalue weighted by molar-refractivity contribution is -0.167. The summed E-state index contributed by atoms with van der Waals surface area (Å²) in [7, 11) is 0. The minimum absolute atomic E-state index is 0.0873. The summed E-state index contributed by atoms with van der Waals surface area (Å²) in [5.41, 5.74) is 0. The van der Waals surface area contributed by atoms with Crippen LogP contribution in [0.1, 0.15) is 297 Å². The molecule has 6 heteroatoms. The zero-order chi connectivity index (χ0) is 52.2. The van der Waals surface area contributed by atoms with Gasteiger partial charge in [0.1, 0.15) is 13.2 Å². The molecule has 0 rings (SSSR count). The van der Waals surface area contributed by atoms with Crippen molar-refractivity contribution in [2.45, 2.75) is 303 Å². The van der Waals surface area contributed by atoms with Crippen molar-refractivity contribution in [1.82, 2.24) is 0 Å². The van der Waals surface area contributed by atoms with Crippen LogP contribution < -0.4 is 0 Å². The lowest BCUT2D eigenvalue weighted by Gasteiger charge is -2.18. The van der Waals surface area contributed by atoms with Crippen molar-refractivity contribution in [3.8, 4) is 0 Å². The first kappa shape index (κ1) is 68.6. The Hall–Kier alpha value is -3.41. The van der Waals surface area contributed by atoms with E-state index in [0.717, 1.165) is 116 Å². The van der Waals surface area contributed by atoms with Gasteiger partial charge in [-0.3, -0.25) is 14.4 Å². The highest BCUT2D eigenvalue weighted by Gasteiger charge is 2.19. The summed E-state index contributed by atoms with van der Waals surface area (Å²) < 4.78 is 16.9. The summed E-state index contributed by atoms with van der Waals surface area (Å²) in [4.78, 5) is 38.3. The molecule has 0 N–H and O–H groups in total. The Bertz CT molecular complexity index is 1380. The monoisotopic (exact) mass is 1000 g/mol. The molecule has 0 aromatic heterocycles. The highest BCUT2D eigenvalue weighted by Crippen LogP contribution is 2.15. The van der Waals surface area contributed by atoms with E-state index in [-0.39, 0.29) is 31.1 Å². The van der Waals surface area contributed by atoms with Gasteiger partial charge in [0, 0.05) is 19.3 Å². The third kappa shape index (κ3) is 57.5. The van der Waals surface area contributed by atoms with Gasteiger partial charge < -0.3 is 14.2 Å². The van der Waals surface area contributed by atoms with E-state index in [1.54, 1.807) is 0 Å². The first-order valence-electron chi connectivity index (χ1n) is 30.6. The summed E-state index contributed by atoms with van der Waals surface area (Å²) in [5.74, 6) is -0.908. The molecule has 414 valence electrons. The Morgan fingerprint density at radius 3 is 0.861 bits per heavy atom. The standard InChI is InChI=1S/C66H114O6/c1-4-7-10-13-16-19-22-25-28-30-32-33-34-36-38-41-44-47-50-53-56-59-65(68)71-62-63(61-70-64(67)58-55-52-49-46-43-40-37-27-24-21-18-15-12-9-6-3)72-66(69)60-57-54-51-48-45-42-39-35-31-29-26-23-20-17-14-11-8-5-2/h9,12,18,20-23,25,27,29-32,37,63H,4-8,10-11,13-17,19,24,26,28,33-36,38-62H2,1-3H3/b12-9-,21-18-,23-20-,25-22-,31-29-,32-30-,37-27-. The topological polar surface area (TPSA) is 78.9 Å². The van der Waals surface area contributed by atoms with Crippen LogP contribution in [0.2, 0.25) is 0 Å². The lowest BCUT2D eigenvalue weighted by Crippen LogP contribution is -2.30. The Balaban J connectivity index is 4.40. The van der Waals surface area contributed by atoms with E-state index in [1.807, 2.05) is 0 Å². The van der Waals surface area contributed by atoms with Crippen molar-refractivity contribution < 1.29 is 28.6 Å². The number of unbranched alkanes of at least 4 members (excludes halogenated alkanes) is 30. The van der Waals surface area contributed by atoms with E-state index >= 15 is 0 Å². The molecule has 1 atom stereocenters. The second-order valence-electron chi connectivity index (χ2n) is 20.2. The fourth-order valence-corrected chi connectivity index (χ4v) is 8.52. The molecule has 0 saturated carbocycles. The molecule has 0 bridgehead atoms. The van der Waals surface area contributed by atoms with Crippen molar-refractivity contribution in [2.24, 2.45) is 0 Å². The first-order valence-corrected chi connectivity index (χ1v) is 30.6. The van der Waals surface area contributed by atoms with Gasteiger partial charge in [-0.05, 0) is 116 Å². The molecule has 6 nitrogen and oxygen atoms in total. The molecule has 0 aliphatic rings. The maximum atomic E-state index is 12.9. The fraction of sp³-hybridized carbons (Fsp3) is 0.742. The fourth-order valence-electron chi connectivity index (χ4n) is 8.52. The Morgan fingerprint density at radius 2 is 0.542 bits per heavy atom. The zero-order valence-electron chi connectivity index (χ0n) is 47.4. The molecule has 0 fully saturated rings. The number of carbonyl (C=O) groups excluding carboxylic acids is 3. The van der Waals surface area contributed by atoms with Crippen LogP contribution in [0.4, 0.5) is 0 Å². The molecular formula is C66H114O6. The largest absolute Gasteiger partial charge is 0.462 e. The second-order valence-corrected chi connectivity index (χ2v) is 20.2. The van der Waals surface area contributed by atoms with E-state index in [4.69, 9.17) is 14.2 Å². The second kappa shape index (κ2) is 60.1. The SMILES string of the molecule is CC/C=C\C/C=C\C/C=C\CCCCCCCC(=O)OCC(COC(=O)CCCCCCCCCCC/C=C\C/C=C\CCCCCCC)OC(=O)CCCCCCCCC/C=C\C/C=C\CCCCCC. The van der Waals surface area contributed by atoms with Gasteiger partial charge in [-0.25, -0.2) is 0 Å². The van der Waals surface area contributed by atoms with E-state index in [9.17, 15) is 14.4 Å². The molecule has 0 saturated heterocycles. The van der Waals surface area contributed by atoms with Crippen molar-refractivity contribution in [1.29, 1.82) is 0 Å². The third-order valence-electron chi connectivity index (χ3n) is 13.1. The summed E-state index contributed by atoms with van der Waals surface area (Å²) in [5, 5.41) is 0. The van der Waals surface area contributed by atoms with Crippen LogP contribution in [0.25, 0.3) is 0 Å². The quantitative estimate of drug-likeness (QED) is 0.0261. The minimum Gasteiger partial charge on any atom is -0.462 e. The Morgan fingerprint density at radius 1 is 0.292 bits per heavy atom. The van der Waals surface area contributed by atoms with E-state index in [1.165, 1.54) is 141 Å². The summed E-state index contributed by atoms with van der Waals surface area (Å²) in [6.07, 6.45) is 78.6. The molecular weight excluding hydrogens is 889 g/mol. The molecule has 0 aromatic carbocycles. The molecule has 72 heavy (non-hydrogen) atoms. The summed E-state index contributed by atoms with van der Waals surface area (Å²) >= 11 is 0. The van der Waals surface area contributed by atoms with Crippen molar-refractivity contribution in [3.05, 3.63) is 85.1 Å². The first-order chi connectivity index (χ1) is 35.5. The van der Waals surface area contributed by atoms with Crippen molar-refractivity contribution in [3.63, 3.8) is 0 Å². The average molecular weight is 1000 g/mol. The summed E-state index contributed by atoms with van der Waals surface area (Å²) in [6.45, 7) is 6.50. The lowest BCUT2D eigenvalue weighted by atomic mass is 10.1. The van der Waals surface area contributed by atoms with Crippen LogP contribution in [0.3, 0.4) is 0 Å². The smallest absolute Gasteiger partial charge is 0.306 e. The van der Waals surface area contributed by atoms with Gasteiger partial charge in [0.15, 0.2) is 6.10 Å². The van der Waals surface area contributed by atoms with E-state index < -0.39 is 6.10 Å². The van der Waals surface area contributed by atoms with E-state index in [2.05, 4.69) is 106 Å². The van der Waals surface area contributed by atoms with E-state index in [0.29, 0.717) is 19.3 Å². The Kier molecular flexibility index (Phi) is 57.3. The van der Waals surface area contributed by atoms with Crippen LogP contribution in [-0.4, -0.2) is 37.2 Å². The molecule has 0 spiro atoms. The predicted octanol–water partition coefficient (Wildman–Crippen LogP) is 20.7. The number of allylic oxidation sites excluding steroid dienone is 14. The number of carbonyl (C=O) groups is 3. The molecule has 0 aliphatic heterocycles. The molecule has 0 aromatic rings. The number of esters is 3. The van der Waals surface area contributed by atoms with Gasteiger partial charge in [-0.15, -0.1) is 0 Å². The Labute approximate surface area is 445 Å². The number of hydrogen-bond donors (Lipinski definition) is 0. The van der Waals surface area contributed by atoms with Crippen LogP contribution in [0.15, 0.2) is 85.1 Å². The van der Waals surface area contributed by atoms with Gasteiger partial charge in [-0.1, -0.05) is 247 Å². The number of hydrogen-bond acceptors (Lipinski definition) is 6. The zero-order valence-corrected chi connectivity index (χ0v) is 47.4. The van der Waals surface area contributed by atoms with Crippen LogP contribution in [-0.2, 0) is 28.6 Å². The molecule has 0 radical (unpaired) electrons.